The van der Waals surface area contributed by atoms with Crippen LogP contribution >= 0.6 is 0 Å². The van der Waals surface area contributed by atoms with E-state index in [1.165, 1.54) is 24.0 Å². The Kier molecular flexibility index (Phi) is 6.23. The molecule has 1 aromatic rings. The molecule has 0 aromatic heterocycles. The van der Waals surface area contributed by atoms with Crippen molar-refractivity contribution in [1.29, 1.82) is 0 Å². The van der Waals surface area contributed by atoms with Crippen LogP contribution < -0.4 is 5.73 Å². The molecule has 0 spiro atoms. The van der Waals surface area contributed by atoms with E-state index < -0.39 is 0 Å². The van der Waals surface area contributed by atoms with Crippen LogP contribution in [0.4, 0.5) is 0 Å². The highest BCUT2D eigenvalue weighted by atomic mass is 15.1. The Bertz CT molecular complexity index is 305. The number of nitrogens with zero attached hydrogens (tertiary/aromatic N) is 1. The van der Waals surface area contributed by atoms with Gasteiger partial charge in [0, 0.05) is 13.1 Å². The van der Waals surface area contributed by atoms with Crippen molar-refractivity contribution in [3.05, 3.63) is 35.4 Å². The van der Waals surface area contributed by atoms with Gasteiger partial charge in [-0.25, -0.2) is 0 Å². The predicted octanol–water partition coefficient (Wildman–Crippen LogP) is 2.80. The van der Waals surface area contributed by atoms with Crippen molar-refractivity contribution in [3.63, 3.8) is 0 Å². The van der Waals surface area contributed by atoms with E-state index in [9.17, 15) is 0 Å². The van der Waals surface area contributed by atoms with Crippen LogP contribution in [0.1, 0.15) is 30.9 Å². The molecule has 0 aliphatic rings. The summed E-state index contributed by atoms with van der Waals surface area (Å²) in [5.74, 6) is 0.635. The summed E-state index contributed by atoms with van der Waals surface area (Å²) in [6.45, 7) is 7.26. The average Bonchev–Trinajstić information content (AvgIpc) is 2.31. The molecule has 0 bridgehead atoms. The first kappa shape index (κ1) is 14.2. The summed E-state index contributed by atoms with van der Waals surface area (Å²) >= 11 is 0. The second kappa shape index (κ2) is 7.46. The van der Waals surface area contributed by atoms with Crippen LogP contribution in [0, 0.1) is 12.8 Å². The largest absolute Gasteiger partial charge is 0.330 e. The van der Waals surface area contributed by atoms with Gasteiger partial charge in [0.2, 0.25) is 0 Å². The van der Waals surface area contributed by atoms with Gasteiger partial charge in [-0.1, -0.05) is 43.2 Å². The van der Waals surface area contributed by atoms with Crippen molar-refractivity contribution in [1.82, 2.24) is 4.90 Å². The molecular weight excluding hydrogens is 208 g/mol. The fourth-order valence-corrected chi connectivity index (χ4v) is 2.20. The lowest BCUT2D eigenvalue weighted by atomic mass is 10.0. The molecule has 1 unspecified atom stereocenters. The number of benzene rings is 1. The molecular formula is C15H26N2. The monoisotopic (exact) mass is 234 g/mol. The maximum Gasteiger partial charge on any atom is 0.0230 e. The molecule has 96 valence electrons. The quantitative estimate of drug-likeness (QED) is 0.786. The first-order valence-electron chi connectivity index (χ1n) is 6.59. The lowest BCUT2D eigenvalue weighted by molar-refractivity contribution is 0.263. The summed E-state index contributed by atoms with van der Waals surface area (Å²) in [6, 6.07) is 8.78. The van der Waals surface area contributed by atoms with Crippen molar-refractivity contribution in [3.8, 4) is 0 Å². The van der Waals surface area contributed by atoms with Crippen molar-refractivity contribution < 1.29 is 0 Å². The van der Waals surface area contributed by atoms with Crippen molar-refractivity contribution in [2.75, 3.05) is 20.1 Å². The molecule has 0 fully saturated rings. The van der Waals surface area contributed by atoms with Gasteiger partial charge in [0.15, 0.2) is 0 Å². The number of aryl methyl sites for hydroxylation is 1. The van der Waals surface area contributed by atoms with E-state index in [0.29, 0.717) is 5.92 Å². The van der Waals surface area contributed by atoms with E-state index in [4.69, 9.17) is 5.73 Å². The van der Waals surface area contributed by atoms with E-state index >= 15 is 0 Å². The molecule has 2 heteroatoms. The van der Waals surface area contributed by atoms with Gasteiger partial charge in [-0.3, -0.25) is 0 Å². The van der Waals surface area contributed by atoms with Crippen molar-refractivity contribution >= 4 is 0 Å². The average molecular weight is 234 g/mol. The van der Waals surface area contributed by atoms with Crippen molar-refractivity contribution in [2.24, 2.45) is 11.7 Å². The topological polar surface area (TPSA) is 29.3 Å². The second-order valence-electron chi connectivity index (χ2n) is 5.07. The third-order valence-corrected chi connectivity index (χ3v) is 3.17. The Labute approximate surface area is 106 Å². The lowest BCUT2D eigenvalue weighted by Crippen LogP contribution is -2.29. The molecule has 2 nitrogen and oxygen atoms in total. The Hall–Kier alpha value is -0.860. The molecule has 1 aromatic carbocycles. The summed E-state index contributed by atoms with van der Waals surface area (Å²) in [6.07, 6.45) is 2.45. The molecule has 0 heterocycles. The fraction of sp³-hybridized carbons (Fsp3) is 0.600. The molecule has 0 saturated heterocycles. The number of hydrogen-bond donors (Lipinski definition) is 1. The van der Waals surface area contributed by atoms with Crippen LogP contribution in [-0.2, 0) is 6.54 Å². The van der Waals surface area contributed by atoms with E-state index in [0.717, 1.165) is 19.6 Å². The molecule has 0 aliphatic carbocycles. The maximum atomic E-state index is 5.79. The smallest absolute Gasteiger partial charge is 0.0230 e. The van der Waals surface area contributed by atoms with Crippen LogP contribution in [0.25, 0.3) is 0 Å². The fourth-order valence-electron chi connectivity index (χ4n) is 2.20. The highest BCUT2D eigenvalue weighted by Crippen LogP contribution is 2.10. The summed E-state index contributed by atoms with van der Waals surface area (Å²) in [5, 5.41) is 0. The Morgan fingerprint density at radius 1 is 1.24 bits per heavy atom. The molecule has 17 heavy (non-hydrogen) atoms. The number of hydrogen-bond acceptors (Lipinski definition) is 2. The number of nitrogens with two attached hydrogens (primary N) is 1. The first-order chi connectivity index (χ1) is 8.15. The van der Waals surface area contributed by atoms with E-state index in [2.05, 4.69) is 50.1 Å². The van der Waals surface area contributed by atoms with Crippen LogP contribution in [0.15, 0.2) is 24.3 Å². The minimum atomic E-state index is 0.635. The first-order valence-corrected chi connectivity index (χ1v) is 6.59. The van der Waals surface area contributed by atoms with Crippen LogP contribution in [0.3, 0.4) is 0 Å². The van der Waals surface area contributed by atoms with Crippen molar-refractivity contribution in [2.45, 2.75) is 33.2 Å². The normalized spacial score (nSPS) is 13.0. The Morgan fingerprint density at radius 2 is 1.88 bits per heavy atom. The minimum absolute atomic E-state index is 0.635. The summed E-state index contributed by atoms with van der Waals surface area (Å²) in [5.41, 5.74) is 8.50. The maximum absolute atomic E-state index is 5.79. The zero-order valence-corrected chi connectivity index (χ0v) is 11.4. The molecule has 0 aliphatic heterocycles. The molecule has 0 radical (unpaired) electrons. The Morgan fingerprint density at radius 3 is 2.41 bits per heavy atom. The third kappa shape index (κ3) is 5.33. The SMILES string of the molecule is CCCC(CN)CN(C)Cc1ccc(C)cc1. The highest BCUT2D eigenvalue weighted by Gasteiger charge is 2.09. The molecule has 1 rings (SSSR count). The number of rotatable bonds is 7. The highest BCUT2D eigenvalue weighted by molar-refractivity contribution is 5.21. The van der Waals surface area contributed by atoms with Gasteiger partial charge in [-0.15, -0.1) is 0 Å². The summed E-state index contributed by atoms with van der Waals surface area (Å²) in [7, 11) is 2.18. The van der Waals surface area contributed by atoms with Gasteiger partial charge in [-0.2, -0.15) is 0 Å². The minimum Gasteiger partial charge on any atom is -0.330 e. The zero-order chi connectivity index (χ0) is 12.7. The van der Waals surface area contributed by atoms with Crippen LogP contribution in [0.5, 0.6) is 0 Å². The van der Waals surface area contributed by atoms with Gasteiger partial charge >= 0.3 is 0 Å². The lowest BCUT2D eigenvalue weighted by Gasteiger charge is -2.22. The molecule has 0 amide bonds. The van der Waals surface area contributed by atoms with Crippen LogP contribution in [-0.4, -0.2) is 25.0 Å². The standard InChI is InChI=1S/C15H26N2/c1-4-5-15(10-16)12-17(3)11-14-8-6-13(2)7-9-14/h6-9,15H,4-5,10-12,16H2,1-3H3. The molecule has 1 atom stereocenters. The Balaban J connectivity index is 2.42. The summed E-state index contributed by atoms with van der Waals surface area (Å²) in [4.78, 5) is 2.37. The van der Waals surface area contributed by atoms with Gasteiger partial charge in [-0.05, 0) is 38.4 Å². The second-order valence-corrected chi connectivity index (χ2v) is 5.07. The molecule has 0 saturated carbocycles. The van der Waals surface area contributed by atoms with Gasteiger partial charge in [0.05, 0.1) is 0 Å². The van der Waals surface area contributed by atoms with E-state index in [1.54, 1.807) is 0 Å². The van der Waals surface area contributed by atoms with Gasteiger partial charge in [0.25, 0.3) is 0 Å². The van der Waals surface area contributed by atoms with Gasteiger partial charge < -0.3 is 10.6 Å². The zero-order valence-electron chi connectivity index (χ0n) is 11.4. The summed E-state index contributed by atoms with van der Waals surface area (Å²) < 4.78 is 0. The van der Waals surface area contributed by atoms with Gasteiger partial charge in [0.1, 0.15) is 0 Å². The van der Waals surface area contributed by atoms with E-state index in [-0.39, 0.29) is 0 Å². The van der Waals surface area contributed by atoms with Crippen LogP contribution in [0.2, 0.25) is 0 Å². The van der Waals surface area contributed by atoms with E-state index in [1.807, 2.05) is 0 Å². The third-order valence-electron chi connectivity index (χ3n) is 3.17. The molecule has 2 N–H and O–H groups in total. The predicted molar refractivity (Wildman–Crippen MR) is 75.0 cm³/mol.